The first-order valence-electron chi connectivity index (χ1n) is 6.72. The smallest absolute Gasteiger partial charge is 0.204 e. The first-order valence-corrected chi connectivity index (χ1v) is 6.72. The van der Waals surface area contributed by atoms with Gasteiger partial charge in [0.1, 0.15) is 0 Å². The fourth-order valence-electron chi connectivity index (χ4n) is 3.27. The second-order valence-electron chi connectivity index (χ2n) is 5.20. The molecule has 18 heavy (non-hydrogen) atoms. The molecule has 4 nitrogen and oxygen atoms in total. The van der Waals surface area contributed by atoms with Crippen molar-refractivity contribution in [1.82, 2.24) is 9.55 Å². The summed E-state index contributed by atoms with van der Waals surface area (Å²) in [5.41, 5.74) is 2.34. The summed E-state index contributed by atoms with van der Waals surface area (Å²) in [7, 11) is 0. The van der Waals surface area contributed by atoms with Gasteiger partial charge >= 0.3 is 0 Å². The van der Waals surface area contributed by atoms with Gasteiger partial charge in [-0.3, -0.25) is 0 Å². The zero-order valence-corrected chi connectivity index (χ0v) is 10.3. The van der Waals surface area contributed by atoms with Gasteiger partial charge in [-0.2, -0.15) is 0 Å². The summed E-state index contributed by atoms with van der Waals surface area (Å²) < 4.78 is 7.95. The Balaban J connectivity index is 1.86. The number of para-hydroxylation sites is 2. The molecule has 0 amide bonds. The Kier molecular flexibility index (Phi) is 2.30. The Morgan fingerprint density at radius 1 is 1.28 bits per heavy atom. The molecule has 0 radical (unpaired) electrons. The highest BCUT2D eigenvalue weighted by atomic mass is 16.5. The van der Waals surface area contributed by atoms with Crippen LogP contribution in [-0.2, 0) is 4.74 Å². The van der Waals surface area contributed by atoms with Crippen molar-refractivity contribution in [1.29, 1.82) is 0 Å². The topological polar surface area (TPSA) is 39.1 Å². The predicted octanol–water partition coefficient (Wildman–Crippen LogP) is 2.43. The van der Waals surface area contributed by atoms with E-state index in [1.165, 1.54) is 18.4 Å². The average molecular weight is 243 g/mol. The average Bonchev–Trinajstić information content (AvgIpc) is 3.05. The molecule has 2 aliphatic heterocycles. The van der Waals surface area contributed by atoms with Gasteiger partial charge in [0, 0.05) is 25.1 Å². The molecule has 1 saturated heterocycles. The molecule has 0 bridgehead atoms. The third-order valence-electron chi connectivity index (χ3n) is 4.16. The minimum absolute atomic E-state index is 0.538. The highest BCUT2D eigenvalue weighted by Crippen LogP contribution is 2.37. The van der Waals surface area contributed by atoms with Crippen LogP contribution in [0.3, 0.4) is 0 Å². The van der Waals surface area contributed by atoms with Crippen molar-refractivity contribution in [3.8, 4) is 0 Å². The Bertz CT molecular complexity index is 571. The maximum absolute atomic E-state index is 5.56. The molecule has 1 fully saturated rings. The number of imidazole rings is 1. The van der Waals surface area contributed by atoms with Crippen LogP contribution in [-0.4, -0.2) is 29.3 Å². The quantitative estimate of drug-likeness (QED) is 0.836. The van der Waals surface area contributed by atoms with Crippen LogP contribution in [0.1, 0.15) is 18.9 Å². The lowest BCUT2D eigenvalue weighted by atomic mass is 9.95. The van der Waals surface area contributed by atoms with Gasteiger partial charge in [0.05, 0.1) is 17.6 Å². The van der Waals surface area contributed by atoms with Gasteiger partial charge in [0.2, 0.25) is 5.95 Å². The van der Waals surface area contributed by atoms with E-state index in [9.17, 15) is 0 Å². The molecule has 94 valence electrons. The molecule has 4 heteroatoms. The Labute approximate surface area is 106 Å². The lowest BCUT2D eigenvalue weighted by Crippen LogP contribution is -2.28. The van der Waals surface area contributed by atoms with E-state index in [1.807, 2.05) is 0 Å². The predicted molar refractivity (Wildman–Crippen MR) is 70.8 cm³/mol. The Hall–Kier alpha value is -1.55. The first-order chi connectivity index (χ1) is 8.93. The van der Waals surface area contributed by atoms with E-state index in [0.29, 0.717) is 12.0 Å². The van der Waals surface area contributed by atoms with E-state index < -0.39 is 0 Å². The van der Waals surface area contributed by atoms with Gasteiger partial charge in [-0.05, 0) is 25.0 Å². The van der Waals surface area contributed by atoms with Crippen LogP contribution in [0.4, 0.5) is 5.95 Å². The van der Waals surface area contributed by atoms with Crippen molar-refractivity contribution in [2.75, 3.05) is 25.1 Å². The van der Waals surface area contributed by atoms with Crippen LogP contribution in [0.5, 0.6) is 0 Å². The van der Waals surface area contributed by atoms with Crippen molar-refractivity contribution < 1.29 is 4.74 Å². The summed E-state index contributed by atoms with van der Waals surface area (Å²) in [6, 6.07) is 8.94. The number of rotatable bonds is 1. The number of benzene rings is 1. The van der Waals surface area contributed by atoms with Crippen molar-refractivity contribution in [3.63, 3.8) is 0 Å². The van der Waals surface area contributed by atoms with Gasteiger partial charge < -0.3 is 14.6 Å². The number of nitrogens with one attached hydrogen (secondary N) is 1. The Morgan fingerprint density at radius 3 is 3.11 bits per heavy atom. The minimum atomic E-state index is 0.538. The maximum Gasteiger partial charge on any atom is 0.204 e. The highest BCUT2D eigenvalue weighted by molar-refractivity contribution is 5.79. The van der Waals surface area contributed by atoms with Gasteiger partial charge in [0.25, 0.3) is 0 Å². The first kappa shape index (κ1) is 10.4. The van der Waals surface area contributed by atoms with E-state index in [0.717, 1.165) is 31.2 Å². The molecule has 2 aromatic rings. The van der Waals surface area contributed by atoms with E-state index in [2.05, 4.69) is 39.1 Å². The number of fused-ring (bicyclic) bond motifs is 3. The molecular weight excluding hydrogens is 226 g/mol. The SMILES string of the molecule is c1ccc2c(c1)nc1n2C(C2CCOC2)CCN1. The molecule has 4 rings (SSSR count). The number of ether oxygens (including phenoxy) is 1. The highest BCUT2D eigenvalue weighted by Gasteiger charge is 2.32. The Morgan fingerprint density at radius 2 is 2.22 bits per heavy atom. The molecule has 0 saturated carbocycles. The fourth-order valence-corrected chi connectivity index (χ4v) is 3.27. The molecule has 2 unspecified atom stereocenters. The zero-order chi connectivity index (χ0) is 11.9. The molecule has 0 spiro atoms. The summed E-state index contributed by atoms with van der Waals surface area (Å²) in [5.74, 6) is 1.67. The number of hydrogen-bond acceptors (Lipinski definition) is 3. The molecule has 3 heterocycles. The third kappa shape index (κ3) is 1.45. The number of nitrogens with zero attached hydrogens (tertiary/aromatic N) is 2. The summed E-state index contributed by atoms with van der Waals surface area (Å²) in [6.45, 7) is 2.83. The molecule has 1 aromatic carbocycles. The van der Waals surface area contributed by atoms with E-state index in [-0.39, 0.29) is 0 Å². The van der Waals surface area contributed by atoms with E-state index >= 15 is 0 Å². The van der Waals surface area contributed by atoms with Crippen LogP contribution >= 0.6 is 0 Å². The lowest BCUT2D eigenvalue weighted by Gasteiger charge is -2.30. The zero-order valence-electron chi connectivity index (χ0n) is 10.3. The number of hydrogen-bond donors (Lipinski definition) is 1. The van der Waals surface area contributed by atoms with Crippen LogP contribution in [0.2, 0.25) is 0 Å². The minimum Gasteiger partial charge on any atom is -0.381 e. The van der Waals surface area contributed by atoms with E-state index in [4.69, 9.17) is 4.74 Å². The second-order valence-corrected chi connectivity index (χ2v) is 5.20. The van der Waals surface area contributed by atoms with Crippen LogP contribution in [0.15, 0.2) is 24.3 Å². The number of anilines is 1. The summed E-state index contributed by atoms with van der Waals surface area (Å²) >= 11 is 0. The van der Waals surface area contributed by atoms with Crippen molar-refractivity contribution >= 4 is 17.0 Å². The summed E-state index contributed by atoms with van der Waals surface area (Å²) in [6.07, 6.45) is 2.35. The van der Waals surface area contributed by atoms with Gasteiger partial charge in [-0.25, -0.2) is 4.98 Å². The molecule has 1 N–H and O–H groups in total. The molecule has 2 atom stereocenters. The van der Waals surface area contributed by atoms with Crippen molar-refractivity contribution in [3.05, 3.63) is 24.3 Å². The van der Waals surface area contributed by atoms with Crippen molar-refractivity contribution in [2.45, 2.75) is 18.9 Å². The van der Waals surface area contributed by atoms with Crippen LogP contribution in [0.25, 0.3) is 11.0 Å². The second kappa shape index (κ2) is 3.99. The maximum atomic E-state index is 5.56. The number of aromatic nitrogens is 2. The van der Waals surface area contributed by atoms with Crippen LogP contribution in [0, 0.1) is 5.92 Å². The third-order valence-corrected chi connectivity index (χ3v) is 4.16. The van der Waals surface area contributed by atoms with E-state index in [1.54, 1.807) is 0 Å². The normalized spacial score (nSPS) is 27.1. The molecule has 2 aliphatic rings. The van der Waals surface area contributed by atoms with Crippen LogP contribution < -0.4 is 5.32 Å². The molecular formula is C14H17N3O. The van der Waals surface area contributed by atoms with Gasteiger partial charge in [-0.1, -0.05) is 12.1 Å². The molecule has 1 aromatic heterocycles. The largest absolute Gasteiger partial charge is 0.381 e. The van der Waals surface area contributed by atoms with Crippen molar-refractivity contribution in [2.24, 2.45) is 5.92 Å². The fraction of sp³-hybridized carbons (Fsp3) is 0.500. The lowest BCUT2D eigenvalue weighted by molar-refractivity contribution is 0.171. The summed E-state index contributed by atoms with van der Waals surface area (Å²) in [5, 5.41) is 3.42. The summed E-state index contributed by atoms with van der Waals surface area (Å²) in [4.78, 5) is 4.69. The monoisotopic (exact) mass is 243 g/mol. The van der Waals surface area contributed by atoms with Gasteiger partial charge in [-0.15, -0.1) is 0 Å². The standard InChI is InChI=1S/C14H17N3O/c1-2-4-13-11(3-1)16-14-15-7-5-12(17(13)14)10-6-8-18-9-10/h1-4,10,12H,5-9H2,(H,15,16). The molecule has 0 aliphatic carbocycles. The van der Waals surface area contributed by atoms with Gasteiger partial charge in [0.15, 0.2) is 0 Å².